The summed E-state index contributed by atoms with van der Waals surface area (Å²) in [6, 6.07) is 7.29. The van der Waals surface area contributed by atoms with E-state index in [1.807, 2.05) is 24.3 Å². The topological polar surface area (TPSA) is 66.9 Å². The number of rotatable bonds is 4. The van der Waals surface area contributed by atoms with Gasteiger partial charge >= 0.3 is 0 Å². The van der Waals surface area contributed by atoms with Crippen LogP contribution in [0.15, 0.2) is 24.3 Å². The number of methoxy groups -OCH3 is 1. The molecule has 0 unspecified atom stereocenters. The van der Waals surface area contributed by atoms with Crippen molar-refractivity contribution in [2.75, 3.05) is 38.4 Å². The average Bonchev–Trinajstić information content (AvgIpc) is 2.53. The normalized spacial score (nSPS) is 17.2. The van der Waals surface area contributed by atoms with E-state index in [0.717, 1.165) is 11.4 Å². The van der Waals surface area contributed by atoms with Crippen LogP contribution in [0.3, 0.4) is 0 Å². The van der Waals surface area contributed by atoms with Gasteiger partial charge < -0.3 is 9.64 Å². The van der Waals surface area contributed by atoms with Crippen LogP contribution in [0.1, 0.15) is 12.8 Å². The SMILES string of the molecule is COc1ccc(N(C)C(=O)C2CCN(S(C)(=O)=O)CC2)cc1. The highest BCUT2D eigenvalue weighted by Crippen LogP contribution is 2.24. The molecule has 7 heteroatoms. The number of anilines is 1. The largest absolute Gasteiger partial charge is 0.497 e. The van der Waals surface area contributed by atoms with Crippen LogP contribution in [0.25, 0.3) is 0 Å². The van der Waals surface area contributed by atoms with E-state index in [4.69, 9.17) is 4.74 Å². The summed E-state index contributed by atoms with van der Waals surface area (Å²) < 4.78 is 29.5. The zero-order valence-electron chi connectivity index (χ0n) is 13.2. The van der Waals surface area contributed by atoms with Gasteiger partial charge in [-0.1, -0.05) is 0 Å². The summed E-state index contributed by atoms with van der Waals surface area (Å²) in [6.07, 6.45) is 2.33. The summed E-state index contributed by atoms with van der Waals surface area (Å²) in [5.41, 5.74) is 0.802. The Bertz CT molecular complexity index is 619. The lowest BCUT2D eigenvalue weighted by molar-refractivity contribution is -0.123. The Morgan fingerprint density at radius 2 is 1.77 bits per heavy atom. The van der Waals surface area contributed by atoms with Crippen molar-refractivity contribution in [1.29, 1.82) is 0 Å². The number of hydrogen-bond donors (Lipinski definition) is 0. The van der Waals surface area contributed by atoms with Crippen molar-refractivity contribution >= 4 is 21.6 Å². The molecule has 122 valence electrons. The van der Waals surface area contributed by atoms with Gasteiger partial charge in [-0.05, 0) is 37.1 Å². The summed E-state index contributed by atoms with van der Waals surface area (Å²) in [5, 5.41) is 0. The second-order valence-electron chi connectivity index (χ2n) is 5.53. The highest BCUT2D eigenvalue weighted by atomic mass is 32.2. The van der Waals surface area contributed by atoms with Gasteiger partial charge in [0, 0.05) is 31.7 Å². The van der Waals surface area contributed by atoms with E-state index in [9.17, 15) is 13.2 Å². The number of amides is 1. The van der Waals surface area contributed by atoms with Crippen LogP contribution in [0.5, 0.6) is 5.75 Å². The minimum Gasteiger partial charge on any atom is -0.497 e. The molecule has 0 aliphatic carbocycles. The monoisotopic (exact) mass is 326 g/mol. The van der Waals surface area contributed by atoms with E-state index in [2.05, 4.69) is 0 Å². The molecule has 1 aliphatic rings. The summed E-state index contributed by atoms with van der Waals surface area (Å²) in [4.78, 5) is 14.2. The lowest BCUT2D eigenvalue weighted by Gasteiger charge is -2.31. The molecule has 0 N–H and O–H groups in total. The molecule has 0 aromatic heterocycles. The first-order valence-corrected chi connectivity index (χ1v) is 9.04. The van der Waals surface area contributed by atoms with E-state index >= 15 is 0 Å². The molecule has 1 amide bonds. The van der Waals surface area contributed by atoms with E-state index in [-0.39, 0.29) is 11.8 Å². The summed E-state index contributed by atoms with van der Waals surface area (Å²) >= 11 is 0. The van der Waals surface area contributed by atoms with Crippen LogP contribution in [-0.4, -0.2) is 52.1 Å². The van der Waals surface area contributed by atoms with Gasteiger partial charge in [-0.25, -0.2) is 12.7 Å². The summed E-state index contributed by atoms with van der Waals surface area (Å²) in [6.45, 7) is 0.817. The van der Waals surface area contributed by atoms with E-state index in [1.54, 1.807) is 19.1 Å². The molecule has 0 bridgehead atoms. The molecule has 6 nitrogen and oxygen atoms in total. The van der Waals surface area contributed by atoms with Crippen LogP contribution in [-0.2, 0) is 14.8 Å². The van der Waals surface area contributed by atoms with E-state index < -0.39 is 10.0 Å². The molecule has 0 atom stereocenters. The third-order valence-corrected chi connectivity index (χ3v) is 5.37. The summed E-state index contributed by atoms with van der Waals surface area (Å²) in [5.74, 6) is 0.634. The lowest BCUT2D eigenvalue weighted by Crippen LogP contribution is -2.43. The highest BCUT2D eigenvalue weighted by Gasteiger charge is 2.30. The van der Waals surface area contributed by atoms with Gasteiger partial charge in [-0.3, -0.25) is 4.79 Å². The van der Waals surface area contributed by atoms with E-state index in [1.165, 1.54) is 10.6 Å². The third kappa shape index (κ3) is 3.78. The number of piperidine rings is 1. The number of ether oxygens (including phenoxy) is 1. The van der Waals surface area contributed by atoms with Crippen LogP contribution in [0, 0.1) is 5.92 Å². The average molecular weight is 326 g/mol. The molecule has 22 heavy (non-hydrogen) atoms. The predicted molar refractivity (Wildman–Crippen MR) is 85.5 cm³/mol. The minimum absolute atomic E-state index is 0.0262. The molecule has 0 radical (unpaired) electrons. The van der Waals surface area contributed by atoms with Gasteiger partial charge in [0.2, 0.25) is 15.9 Å². The van der Waals surface area contributed by atoms with Crippen molar-refractivity contribution in [3.63, 3.8) is 0 Å². The van der Waals surface area contributed by atoms with Crippen molar-refractivity contribution in [2.24, 2.45) is 5.92 Å². The van der Waals surface area contributed by atoms with Gasteiger partial charge in [-0.15, -0.1) is 0 Å². The number of nitrogens with zero attached hydrogens (tertiary/aromatic N) is 2. The molecule has 0 spiro atoms. The molecule has 1 aliphatic heterocycles. The molecular weight excluding hydrogens is 304 g/mol. The predicted octanol–water partition coefficient (Wildman–Crippen LogP) is 1.33. The van der Waals surface area contributed by atoms with Gasteiger partial charge in [0.05, 0.1) is 13.4 Å². The Morgan fingerprint density at radius 1 is 1.23 bits per heavy atom. The van der Waals surface area contributed by atoms with Crippen molar-refractivity contribution in [1.82, 2.24) is 4.31 Å². The van der Waals surface area contributed by atoms with Crippen LogP contribution < -0.4 is 9.64 Å². The molecule has 0 saturated carbocycles. The fourth-order valence-corrected chi connectivity index (χ4v) is 3.52. The van der Waals surface area contributed by atoms with Gasteiger partial charge in [0.15, 0.2) is 0 Å². The van der Waals surface area contributed by atoms with Gasteiger partial charge in [-0.2, -0.15) is 0 Å². The molecule has 1 saturated heterocycles. The van der Waals surface area contributed by atoms with Gasteiger partial charge in [0.25, 0.3) is 0 Å². The molecule has 2 rings (SSSR count). The smallest absolute Gasteiger partial charge is 0.229 e. The fourth-order valence-electron chi connectivity index (χ4n) is 2.64. The molecule has 1 heterocycles. The summed E-state index contributed by atoms with van der Waals surface area (Å²) in [7, 11) is 0.179. The minimum atomic E-state index is -3.16. The van der Waals surface area contributed by atoms with Crippen LogP contribution in [0.2, 0.25) is 0 Å². The number of sulfonamides is 1. The maximum Gasteiger partial charge on any atom is 0.229 e. The van der Waals surface area contributed by atoms with Crippen molar-refractivity contribution < 1.29 is 17.9 Å². The number of carbonyl (C=O) groups excluding carboxylic acids is 1. The van der Waals surface area contributed by atoms with E-state index in [0.29, 0.717) is 25.9 Å². The molecular formula is C15H22N2O4S. The van der Waals surface area contributed by atoms with Crippen molar-refractivity contribution in [2.45, 2.75) is 12.8 Å². The Labute approximate surface area is 131 Å². The van der Waals surface area contributed by atoms with Gasteiger partial charge in [0.1, 0.15) is 5.75 Å². The standard InChI is InChI=1S/C15H22N2O4S/c1-16(13-4-6-14(21-2)7-5-13)15(18)12-8-10-17(11-9-12)22(3,19)20/h4-7,12H,8-11H2,1-3H3. The Hall–Kier alpha value is -1.60. The molecule has 1 aromatic rings. The zero-order chi connectivity index (χ0) is 16.3. The maximum atomic E-state index is 12.5. The first kappa shape index (κ1) is 16.8. The number of hydrogen-bond acceptors (Lipinski definition) is 4. The van der Waals surface area contributed by atoms with Crippen LogP contribution in [0.4, 0.5) is 5.69 Å². The lowest BCUT2D eigenvalue weighted by atomic mass is 9.96. The molecule has 1 fully saturated rings. The molecule has 1 aromatic carbocycles. The van der Waals surface area contributed by atoms with Crippen molar-refractivity contribution in [3.05, 3.63) is 24.3 Å². The second kappa shape index (κ2) is 6.66. The first-order chi connectivity index (χ1) is 10.3. The fraction of sp³-hybridized carbons (Fsp3) is 0.533. The number of benzene rings is 1. The van der Waals surface area contributed by atoms with Crippen molar-refractivity contribution in [3.8, 4) is 5.75 Å². The Morgan fingerprint density at radius 3 is 2.23 bits per heavy atom. The Kier molecular flexibility index (Phi) is 5.08. The second-order valence-corrected chi connectivity index (χ2v) is 7.51. The third-order valence-electron chi connectivity index (χ3n) is 4.06. The first-order valence-electron chi connectivity index (χ1n) is 7.19. The van der Waals surface area contributed by atoms with Crippen LogP contribution >= 0.6 is 0 Å². The Balaban J connectivity index is 1.99. The zero-order valence-corrected chi connectivity index (χ0v) is 14.0. The number of carbonyl (C=O) groups is 1. The highest BCUT2D eigenvalue weighted by molar-refractivity contribution is 7.88. The quantitative estimate of drug-likeness (QED) is 0.837. The maximum absolute atomic E-state index is 12.5.